The number of benzene rings is 1. The number of nitrogens with zero attached hydrogens (tertiary/aromatic N) is 3. The van der Waals surface area contributed by atoms with Gasteiger partial charge in [0.05, 0.1) is 28.5 Å². The van der Waals surface area contributed by atoms with Crippen LogP contribution in [0.3, 0.4) is 0 Å². The minimum absolute atomic E-state index is 0.111. The normalized spacial score (nSPS) is 10.6. The van der Waals surface area contributed by atoms with Gasteiger partial charge in [-0.15, -0.1) is 6.58 Å². The number of halogens is 1. The van der Waals surface area contributed by atoms with E-state index in [4.69, 9.17) is 16.3 Å². The molecule has 0 fully saturated rings. The van der Waals surface area contributed by atoms with Crippen LogP contribution in [-0.2, 0) is 0 Å². The van der Waals surface area contributed by atoms with E-state index >= 15 is 0 Å². The lowest BCUT2D eigenvalue weighted by atomic mass is 10.3. The molecule has 128 valence electrons. The fraction of sp³-hybridized carbons (Fsp3) is 0.125. The Kier molecular flexibility index (Phi) is 5.52. The Morgan fingerprint density at radius 2 is 2.32 bits per heavy atom. The minimum atomic E-state index is -0.432. The molecule has 9 heteroatoms. The van der Waals surface area contributed by atoms with Crippen LogP contribution in [0.25, 0.3) is 10.2 Å². The van der Waals surface area contributed by atoms with Crippen LogP contribution < -0.4 is 10.1 Å². The highest BCUT2D eigenvalue weighted by Crippen LogP contribution is 2.29. The highest BCUT2D eigenvalue weighted by molar-refractivity contribution is 7.99. The number of hydrogen-bond donors (Lipinski definition) is 1. The number of hydrogen-bond acceptors (Lipinski definition) is 7. The zero-order valence-corrected chi connectivity index (χ0v) is 15.5. The molecule has 1 N–H and O–H groups in total. The van der Waals surface area contributed by atoms with Gasteiger partial charge in [-0.25, -0.2) is 15.0 Å². The van der Waals surface area contributed by atoms with Crippen LogP contribution in [0.4, 0.5) is 5.13 Å². The zero-order chi connectivity index (χ0) is 17.8. The predicted molar refractivity (Wildman–Crippen MR) is 102 cm³/mol. The molecule has 0 aliphatic heterocycles. The van der Waals surface area contributed by atoms with Crippen LogP contribution in [0.2, 0.25) is 5.02 Å². The van der Waals surface area contributed by atoms with Gasteiger partial charge in [-0.05, 0) is 18.2 Å². The predicted octanol–water partition coefficient (Wildman–Crippen LogP) is 4.28. The molecule has 0 saturated carbocycles. The number of amides is 1. The Hall–Kier alpha value is -2.16. The number of ether oxygens (including phenoxy) is 1. The summed E-state index contributed by atoms with van der Waals surface area (Å²) in [6.07, 6.45) is 3.15. The summed E-state index contributed by atoms with van der Waals surface area (Å²) in [7, 11) is 1.60. The average molecular weight is 393 g/mol. The fourth-order valence-electron chi connectivity index (χ4n) is 1.95. The number of fused-ring (bicyclic) bond motifs is 1. The molecule has 0 saturated heterocycles. The van der Waals surface area contributed by atoms with Gasteiger partial charge in [0.25, 0.3) is 5.91 Å². The third-order valence-corrected chi connectivity index (χ3v) is 5.15. The van der Waals surface area contributed by atoms with Gasteiger partial charge in [0, 0.05) is 5.75 Å². The molecule has 0 bridgehead atoms. The summed E-state index contributed by atoms with van der Waals surface area (Å²) in [5, 5.41) is 3.84. The number of aromatic nitrogens is 3. The molecule has 2 aromatic heterocycles. The Balaban J connectivity index is 1.83. The molecule has 1 aromatic carbocycles. The van der Waals surface area contributed by atoms with Gasteiger partial charge in [-0.3, -0.25) is 10.1 Å². The number of thiazole rings is 1. The van der Waals surface area contributed by atoms with E-state index < -0.39 is 5.91 Å². The molecular weight excluding hydrogens is 380 g/mol. The average Bonchev–Trinajstić information content (AvgIpc) is 3.01. The Morgan fingerprint density at radius 1 is 1.48 bits per heavy atom. The van der Waals surface area contributed by atoms with Gasteiger partial charge in [-0.2, -0.15) is 0 Å². The molecule has 0 radical (unpaired) electrons. The monoisotopic (exact) mass is 392 g/mol. The van der Waals surface area contributed by atoms with Crippen molar-refractivity contribution in [3.63, 3.8) is 0 Å². The van der Waals surface area contributed by atoms with E-state index in [9.17, 15) is 4.79 Å². The van der Waals surface area contributed by atoms with Gasteiger partial charge in [-0.1, -0.05) is 40.8 Å². The number of thioether (sulfide) groups is 1. The van der Waals surface area contributed by atoms with Crippen LogP contribution in [0.1, 0.15) is 10.5 Å². The molecular formula is C16H13ClN4O2S2. The number of methoxy groups -OCH3 is 1. The second-order valence-corrected chi connectivity index (χ2v) is 7.18. The molecule has 3 rings (SSSR count). The highest BCUT2D eigenvalue weighted by atomic mass is 35.5. The summed E-state index contributed by atoms with van der Waals surface area (Å²) in [4.78, 5) is 25.2. The second kappa shape index (κ2) is 7.81. The summed E-state index contributed by atoms with van der Waals surface area (Å²) in [6.45, 7) is 3.64. The molecule has 2 heterocycles. The molecule has 0 atom stereocenters. The standard InChI is InChI=1S/C16H13ClN4O2S2/c1-3-6-24-15-18-8-10(17)13(20-15)14(22)21-16-19-11-5-4-9(23-2)7-12(11)25-16/h3-5,7-8H,1,6H2,2H3,(H,19,21,22). The van der Waals surface area contributed by atoms with Crippen molar-refractivity contribution in [1.29, 1.82) is 0 Å². The van der Waals surface area contributed by atoms with Gasteiger partial charge in [0.2, 0.25) is 0 Å². The Morgan fingerprint density at radius 3 is 3.08 bits per heavy atom. The van der Waals surface area contributed by atoms with Crippen LogP contribution in [0, 0.1) is 0 Å². The Labute approximate surface area is 157 Å². The van der Waals surface area contributed by atoms with Crippen LogP contribution in [0.5, 0.6) is 5.75 Å². The van der Waals surface area contributed by atoms with E-state index in [1.54, 1.807) is 13.2 Å². The zero-order valence-electron chi connectivity index (χ0n) is 13.2. The van der Waals surface area contributed by atoms with Gasteiger partial charge in [0.15, 0.2) is 16.0 Å². The van der Waals surface area contributed by atoms with Crippen LogP contribution >= 0.6 is 34.7 Å². The molecule has 0 aliphatic carbocycles. The van der Waals surface area contributed by atoms with Crippen LogP contribution in [-0.4, -0.2) is 33.7 Å². The van der Waals surface area contributed by atoms with E-state index in [1.165, 1.54) is 29.3 Å². The molecule has 1 amide bonds. The van der Waals surface area contributed by atoms with E-state index in [1.807, 2.05) is 18.2 Å². The van der Waals surface area contributed by atoms with Crippen molar-refractivity contribution < 1.29 is 9.53 Å². The number of rotatable bonds is 6. The number of carbonyl (C=O) groups excluding carboxylic acids is 1. The summed E-state index contributed by atoms with van der Waals surface area (Å²) < 4.78 is 6.10. The summed E-state index contributed by atoms with van der Waals surface area (Å²) >= 11 is 8.78. The van der Waals surface area contributed by atoms with Crippen molar-refractivity contribution in [2.75, 3.05) is 18.2 Å². The van der Waals surface area contributed by atoms with Crippen LogP contribution in [0.15, 0.2) is 42.2 Å². The topological polar surface area (TPSA) is 77.0 Å². The van der Waals surface area contributed by atoms with Crippen molar-refractivity contribution in [3.8, 4) is 5.75 Å². The molecule has 3 aromatic rings. The van der Waals surface area contributed by atoms with Gasteiger partial charge >= 0.3 is 0 Å². The first kappa shape index (κ1) is 17.7. The van der Waals surface area contributed by atoms with Gasteiger partial charge in [0.1, 0.15) is 5.75 Å². The highest BCUT2D eigenvalue weighted by Gasteiger charge is 2.16. The third kappa shape index (κ3) is 4.09. The van der Waals surface area contributed by atoms with E-state index in [0.717, 1.165) is 16.0 Å². The number of nitrogens with one attached hydrogen (secondary N) is 1. The fourth-order valence-corrected chi connectivity index (χ4v) is 3.57. The first-order chi connectivity index (χ1) is 12.1. The van der Waals surface area contributed by atoms with Crippen molar-refractivity contribution in [1.82, 2.24) is 15.0 Å². The lowest BCUT2D eigenvalue weighted by molar-refractivity contribution is 0.102. The largest absolute Gasteiger partial charge is 0.497 e. The first-order valence-electron chi connectivity index (χ1n) is 7.13. The molecule has 25 heavy (non-hydrogen) atoms. The van der Waals surface area contributed by atoms with Crippen molar-refractivity contribution in [2.24, 2.45) is 0 Å². The lowest BCUT2D eigenvalue weighted by Crippen LogP contribution is -2.15. The molecule has 0 aliphatic rings. The molecule has 6 nitrogen and oxygen atoms in total. The maximum atomic E-state index is 12.5. The number of carbonyl (C=O) groups is 1. The quantitative estimate of drug-likeness (QED) is 0.383. The summed E-state index contributed by atoms with van der Waals surface area (Å²) in [5.74, 6) is 0.943. The van der Waals surface area contributed by atoms with E-state index in [0.29, 0.717) is 16.0 Å². The first-order valence-corrected chi connectivity index (χ1v) is 9.31. The minimum Gasteiger partial charge on any atom is -0.497 e. The maximum absolute atomic E-state index is 12.5. The molecule has 0 spiro atoms. The van der Waals surface area contributed by atoms with E-state index in [-0.39, 0.29) is 10.7 Å². The van der Waals surface area contributed by atoms with E-state index in [2.05, 4.69) is 26.8 Å². The second-order valence-electron chi connectivity index (χ2n) is 4.76. The summed E-state index contributed by atoms with van der Waals surface area (Å²) in [6, 6.07) is 5.52. The van der Waals surface area contributed by atoms with Crippen molar-refractivity contribution in [3.05, 3.63) is 47.8 Å². The smallest absolute Gasteiger partial charge is 0.277 e. The number of anilines is 1. The van der Waals surface area contributed by atoms with Crippen molar-refractivity contribution >= 4 is 56.0 Å². The SMILES string of the molecule is C=CCSc1ncc(Cl)c(C(=O)Nc2nc3ccc(OC)cc3s2)n1. The van der Waals surface area contributed by atoms with Gasteiger partial charge < -0.3 is 4.74 Å². The third-order valence-electron chi connectivity index (χ3n) is 3.08. The maximum Gasteiger partial charge on any atom is 0.277 e. The summed E-state index contributed by atoms with van der Waals surface area (Å²) in [5.41, 5.74) is 0.886. The van der Waals surface area contributed by atoms with Crippen molar-refractivity contribution in [2.45, 2.75) is 5.16 Å². The Bertz CT molecular complexity index is 945. The molecule has 0 unspecified atom stereocenters. The lowest BCUT2D eigenvalue weighted by Gasteiger charge is -2.04.